The number of benzene rings is 1. The third-order valence-electron chi connectivity index (χ3n) is 3.85. The summed E-state index contributed by atoms with van der Waals surface area (Å²) in [5, 5.41) is 2.79. The Hall–Kier alpha value is -1.26. The average molecular weight is 262 g/mol. The summed E-state index contributed by atoms with van der Waals surface area (Å²) in [5.41, 5.74) is 7.55. The average Bonchev–Trinajstić information content (AvgIpc) is 2.79. The molecule has 0 atom stereocenters. The number of nitrogens with two attached hydrogens (primary N) is 1. The van der Waals surface area contributed by atoms with Crippen LogP contribution in [0.25, 0.3) is 10.6 Å². The Kier molecular flexibility index (Phi) is 2.92. The van der Waals surface area contributed by atoms with Crippen molar-refractivity contribution in [3.05, 3.63) is 41.2 Å². The summed E-state index contributed by atoms with van der Waals surface area (Å²) >= 11 is 1.50. The van der Waals surface area contributed by atoms with Crippen LogP contribution in [-0.4, -0.2) is 11.5 Å². The number of nitrogens with zero attached hydrogens (tertiary/aromatic N) is 1. The second-order valence-electron chi connectivity index (χ2n) is 4.86. The van der Waals surface area contributed by atoms with Gasteiger partial charge in [0.1, 0.15) is 10.8 Å². The number of hydrogen-bond donors (Lipinski definition) is 1. The van der Waals surface area contributed by atoms with Gasteiger partial charge in [0.25, 0.3) is 0 Å². The van der Waals surface area contributed by atoms with Crippen molar-refractivity contribution in [1.29, 1.82) is 0 Å². The van der Waals surface area contributed by atoms with Gasteiger partial charge in [-0.05, 0) is 25.0 Å². The van der Waals surface area contributed by atoms with Crippen LogP contribution in [0.2, 0.25) is 0 Å². The molecule has 4 heteroatoms. The molecule has 18 heavy (non-hydrogen) atoms. The first-order valence-electron chi connectivity index (χ1n) is 6.16. The number of halogens is 1. The van der Waals surface area contributed by atoms with Crippen LogP contribution in [0.4, 0.5) is 4.39 Å². The van der Waals surface area contributed by atoms with E-state index in [1.54, 1.807) is 12.1 Å². The van der Waals surface area contributed by atoms with Crippen molar-refractivity contribution in [3.8, 4) is 10.6 Å². The smallest absolute Gasteiger partial charge is 0.133 e. The minimum Gasteiger partial charge on any atom is -0.330 e. The van der Waals surface area contributed by atoms with Crippen LogP contribution in [0.3, 0.4) is 0 Å². The third-order valence-corrected chi connectivity index (χ3v) is 4.73. The Morgan fingerprint density at radius 1 is 1.33 bits per heavy atom. The van der Waals surface area contributed by atoms with Crippen LogP contribution >= 0.6 is 11.3 Å². The first-order chi connectivity index (χ1) is 8.75. The van der Waals surface area contributed by atoms with Crippen LogP contribution in [0.15, 0.2) is 29.6 Å². The normalized spacial score (nSPS) is 17.4. The van der Waals surface area contributed by atoms with E-state index in [0.29, 0.717) is 12.1 Å². The molecule has 1 heterocycles. The summed E-state index contributed by atoms with van der Waals surface area (Å²) in [5.74, 6) is -0.214. The zero-order valence-corrected chi connectivity index (χ0v) is 10.8. The van der Waals surface area contributed by atoms with Crippen LogP contribution in [0, 0.1) is 5.82 Å². The fraction of sp³-hybridized carbons (Fsp3) is 0.357. The fourth-order valence-corrected chi connectivity index (χ4v) is 3.41. The molecule has 0 unspecified atom stereocenters. The summed E-state index contributed by atoms with van der Waals surface area (Å²) in [6.07, 6.45) is 3.41. The highest BCUT2D eigenvalue weighted by Crippen LogP contribution is 2.44. The predicted molar refractivity (Wildman–Crippen MR) is 72.1 cm³/mol. The van der Waals surface area contributed by atoms with Gasteiger partial charge >= 0.3 is 0 Å². The van der Waals surface area contributed by atoms with E-state index in [4.69, 9.17) is 5.73 Å². The number of rotatable bonds is 3. The molecular weight excluding hydrogens is 247 g/mol. The zero-order valence-electron chi connectivity index (χ0n) is 10.0. The molecule has 1 aliphatic rings. The second kappa shape index (κ2) is 4.44. The maximum Gasteiger partial charge on any atom is 0.133 e. The second-order valence-corrected chi connectivity index (χ2v) is 5.71. The monoisotopic (exact) mass is 262 g/mol. The maximum absolute atomic E-state index is 13.7. The summed E-state index contributed by atoms with van der Waals surface area (Å²) in [7, 11) is 0. The standard InChI is InChI=1S/C14H15FN2S/c15-11-5-2-1-4-10(11)13-17-12(8-18-13)14(9-16)6-3-7-14/h1-2,4-5,8H,3,6-7,9,16H2. The molecule has 1 aliphatic carbocycles. The first kappa shape index (κ1) is 11.8. The van der Waals surface area contributed by atoms with Gasteiger partial charge < -0.3 is 5.73 Å². The fourth-order valence-electron chi connectivity index (χ4n) is 2.44. The summed E-state index contributed by atoms with van der Waals surface area (Å²) in [6, 6.07) is 6.77. The number of thiazole rings is 1. The molecule has 1 aromatic heterocycles. The van der Waals surface area contributed by atoms with Crippen molar-refractivity contribution in [2.45, 2.75) is 24.7 Å². The molecule has 2 N–H and O–H groups in total. The Bertz CT molecular complexity index is 555. The van der Waals surface area contributed by atoms with Crippen LogP contribution in [0.1, 0.15) is 25.0 Å². The van der Waals surface area contributed by atoms with Gasteiger partial charge in [0.2, 0.25) is 0 Å². The molecule has 0 saturated heterocycles. The molecule has 0 amide bonds. The highest BCUT2D eigenvalue weighted by Gasteiger charge is 2.39. The SMILES string of the molecule is NCC1(c2csc(-c3ccccc3F)n2)CCC1. The number of aromatic nitrogens is 1. The lowest BCUT2D eigenvalue weighted by Gasteiger charge is -2.39. The third kappa shape index (κ3) is 1.76. The van der Waals surface area contributed by atoms with Gasteiger partial charge in [0, 0.05) is 22.9 Å². The van der Waals surface area contributed by atoms with Gasteiger partial charge in [0.05, 0.1) is 5.69 Å². The molecule has 2 aromatic rings. The molecule has 0 bridgehead atoms. The van der Waals surface area contributed by atoms with Crippen molar-refractivity contribution >= 4 is 11.3 Å². The zero-order chi connectivity index (χ0) is 12.6. The predicted octanol–water partition coefficient (Wildman–Crippen LogP) is 3.33. The molecule has 0 aliphatic heterocycles. The van der Waals surface area contributed by atoms with Gasteiger partial charge in [-0.1, -0.05) is 18.6 Å². The van der Waals surface area contributed by atoms with E-state index >= 15 is 0 Å². The Labute approximate surface area is 110 Å². The summed E-state index contributed by atoms with van der Waals surface area (Å²) in [6.45, 7) is 0.632. The van der Waals surface area contributed by atoms with E-state index in [0.717, 1.165) is 23.5 Å². The Balaban J connectivity index is 1.97. The van der Waals surface area contributed by atoms with Crippen molar-refractivity contribution < 1.29 is 4.39 Å². The maximum atomic E-state index is 13.7. The van der Waals surface area contributed by atoms with Gasteiger partial charge in [-0.15, -0.1) is 11.3 Å². The Morgan fingerprint density at radius 2 is 2.11 bits per heavy atom. The molecule has 3 rings (SSSR count). The van der Waals surface area contributed by atoms with Gasteiger partial charge in [-0.3, -0.25) is 0 Å². The molecule has 2 nitrogen and oxygen atoms in total. The lowest BCUT2D eigenvalue weighted by molar-refractivity contribution is 0.247. The van der Waals surface area contributed by atoms with Gasteiger partial charge in [-0.25, -0.2) is 9.37 Å². The van der Waals surface area contributed by atoms with E-state index in [9.17, 15) is 4.39 Å². The lowest BCUT2D eigenvalue weighted by atomic mass is 9.67. The molecule has 1 saturated carbocycles. The van der Waals surface area contributed by atoms with E-state index in [1.807, 2.05) is 11.4 Å². The summed E-state index contributed by atoms with van der Waals surface area (Å²) < 4.78 is 13.7. The molecule has 1 fully saturated rings. The van der Waals surface area contributed by atoms with Gasteiger partial charge in [-0.2, -0.15) is 0 Å². The summed E-state index contributed by atoms with van der Waals surface area (Å²) in [4.78, 5) is 4.60. The highest BCUT2D eigenvalue weighted by molar-refractivity contribution is 7.13. The molecule has 1 aromatic carbocycles. The van der Waals surface area contributed by atoms with E-state index in [-0.39, 0.29) is 11.2 Å². The van der Waals surface area contributed by atoms with Crippen molar-refractivity contribution in [3.63, 3.8) is 0 Å². The van der Waals surface area contributed by atoms with Crippen LogP contribution in [-0.2, 0) is 5.41 Å². The first-order valence-corrected chi connectivity index (χ1v) is 7.04. The van der Waals surface area contributed by atoms with Gasteiger partial charge in [0.15, 0.2) is 0 Å². The minimum absolute atomic E-state index is 0.0556. The molecule has 0 spiro atoms. The minimum atomic E-state index is -0.214. The lowest BCUT2D eigenvalue weighted by Crippen LogP contribution is -2.41. The number of hydrogen-bond acceptors (Lipinski definition) is 3. The largest absolute Gasteiger partial charge is 0.330 e. The topological polar surface area (TPSA) is 38.9 Å². The molecule has 94 valence electrons. The van der Waals surface area contributed by atoms with Crippen molar-refractivity contribution in [1.82, 2.24) is 4.98 Å². The van der Waals surface area contributed by atoms with E-state index in [1.165, 1.54) is 23.8 Å². The van der Waals surface area contributed by atoms with E-state index in [2.05, 4.69) is 4.98 Å². The van der Waals surface area contributed by atoms with Crippen LogP contribution < -0.4 is 5.73 Å². The Morgan fingerprint density at radius 3 is 2.72 bits per heavy atom. The van der Waals surface area contributed by atoms with Crippen molar-refractivity contribution in [2.24, 2.45) is 5.73 Å². The van der Waals surface area contributed by atoms with Crippen LogP contribution in [0.5, 0.6) is 0 Å². The molecule has 0 radical (unpaired) electrons. The quantitative estimate of drug-likeness (QED) is 0.921. The van der Waals surface area contributed by atoms with Crippen molar-refractivity contribution in [2.75, 3.05) is 6.54 Å². The van der Waals surface area contributed by atoms with E-state index < -0.39 is 0 Å². The molecular formula is C14H15FN2S. The highest BCUT2D eigenvalue weighted by atomic mass is 32.1.